The first-order valence-electron chi connectivity index (χ1n) is 10.4. The number of aryl methyl sites for hydroxylation is 1. The Hall–Kier alpha value is -3.39. The van der Waals surface area contributed by atoms with E-state index >= 15 is 0 Å². The lowest BCUT2D eigenvalue weighted by atomic mass is 10.1. The summed E-state index contributed by atoms with van der Waals surface area (Å²) in [6, 6.07) is 14.4. The quantitative estimate of drug-likeness (QED) is 0.402. The molecule has 31 heavy (non-hydrogen) atoms. The molecule has 0 aliphatic carbocycles. The topological polar surface area (TPSA) is 96.5 Å². The Morgan fingerprint density at radius 1 is 1.23 bits per heavy atom. The van der Waals surface area contributed by atoms with Crippen molar-refractivity contribution in [2.75, 3.05) is 20.3 Å². The molecule has 0 spiro atoms. The molecule has 0 radical (unpaired) electrons. The third-order valence-electron chi connectivity index (χ3n) is 5.15. The number of aromatic amines is 1. The van der Waals surface area contributed by atoms with Crippen LogP contribution in [0.4, 0.5) is 0 Å². The standard InChI is InChI=1S/C23H28N6O2/c1-16-6-7-19(21(10-16)31-20-8-9-30-14-20)13-26-23(24-2)25-12-17-4-3-5-18(11-17)22-27-15-28-29-22/h3-7,10-11,15,20H,8-9,12-14H2,1-2H3,(H2,24,25,26)(H,27,28,29). The lowest BCUT2D eigenvalue weighted by molar-refractivity contribution is 0.140. The maximum atomic E-state index is 6.19. The van der Waals surface area contributed by atoms with E-state index in [2.05, 4.69) is 68.1 Å². The van der Waals surface area contributed by atoms with Crippen molar-refractivity contribution < 1.29 is 9.47 Å². The Morgan fingerprint density at radius 3 is 2.90 bits per heavy atom. The molecule has 1 unspecified atom stereocenters. The summed E-state index contributed by atoms with van der Waals surface area (Å²) in [7, 11) is 1.77. The predicted molar refractivity (Wildman–Crippen MR) is 120 cm³/mol. The van der Waals surface area contributed by atoms with Gasteiger partial charge in [0.1, 0.15) is 18.2 Å². The van der Waals surface area contributed by atoms with Gasteiger partial charge in [-0.1, -0.05) is 30.3 Å². The molecule has 1 aromatic heterocycles. The van der Waals surface area contributed by atoms with E-state index in [0.717, 1.165) is 47.3 Å². The first-order chi connectivity index (χ1) is 15.2. The van der Waals surface area contributed by atoms with Gasteiger partial charge in [0, 0.05) is 37.7 Å². The molecule has 162 valence electrons. The number of nitrogens with zero attached hydrogens (tertiary/aromatic N) is 3. The van der Waals surface area contributed by atoms with E-state index in [9.17, 15) is 0 Å². The molecule has 1 aliphatic heterocycles. The summed E-state index contributed by atoms with van der Waals surface area (Å²) < 4.78 is 11.6. The molecule has 2 aromatic carbocycles. The molecule has 1 aliphatic rings. The summed E-state index contributed by atoms with van der Waals surface area (Å²) in [6.45, 7) is 4.73. The first kappa shape index (κ1) is 20.9. The van der Waals surface area contributed by atoms with Gasteiger partial charge in [0.2, 0.25) is 0 Å². The monoisotopic (exact) mass is 420 g/mol. The summed E-state index contributed by atoms with van der Waals surface area (Å²) in [5.74, 6) is 2.38. The molecule has 1 atom stereocenters. The zero-order chi connectivity index (χ0) is 21.5. The maximum Gasteiger partial charge on any atom is 0.191 e. The molecule has 1 fully saturated rings. The van der Waals surface area contributed by atoms with Gasteiger partial charge in [-0.2, -0.15) is 5.10 Å². The third-order valence-corrected chi connectivity index (χ3v) is 5.15. The van der Waals surface area contributed by atoms with Crippen molar-refractivity contribution in [3.63, 3.8) is 0 Å². The van der Waals surface area contributed by atoms with Gasteiger partial charge < -0.3 is 20.1 Å². The van der Waals surface area contributed by atoms with E-state index in [-0.39, 0.29) is 6.10 Å². The predicted octanol–water partition coefficient (Wildman–Crippen LogP) is 2.81. The molecule has 8 heteroatoms. The van der Waals surface area contributed by atoms with E-state index in [1.807, 2.05) is 12.1 Å². The van der Waals surface area contributed by atoms with Gasteiger partial charge >= 0.3 is 0 Å². The van der Waals surface area contributed by atoms with E-state index in [4.69, 9.17) is 9.47 Å². The zero-order valence-electron chi connectivity index (χ0n) is 17.9. The van der Waals surface area contributed by atoms with Crippen LogP contribution >= 0.6 is 0 Å². The molecule has 0 bridgehead atoms. The van der Waals surface area contributed by atoms with Crippen LogP contribution in [0.5, 0.6) is 5.75 Å². The van der Waals surface area contributed by atoms with Gasteiger partial charge in [-0.05, 0) is 30.2 Å². The van der Waals surface area contributed by atoms with E-state index in [1.54, 1.807) is 7.05 Å². The fourth-order valence-electron chi connectivity index (χ4n) is 3.46. The highest BCUT2D eigenvalue weighted by Crippen LogP contribution is 2.24. The Kier molecular flexibility index (Phi) is 6.78. The number of ether oxygens (including phenoxy) is 2. The fraction of sp³-hybridized carbons (Fsp3) is 0.348. The number of nitrogens with one attached hydrogen (secondary N) is 3. The van der Waals surface area contributed by atoms with Crippen LogP contribution in [0.15, 0.2) is 53.8 Å². The van der Waals surface area contributed by atoms with E-state index in [1.165, 1.54) is 11.9 Å². The fourth-order valence-corrected chi connectivity index (χ4v) is 3.46. The van der Waals surface area contributed by atoms with Crippen LogP contribution < -0.4 is 15.4 Å². The second-order valence-electron chi connectivity index (χ2n) is 7.53. The number of H-pyrrole nitrogens is 1. The second kappa shape index (κ2) is 10.1. The van der Waals surface area contributed by atoms with E-state index < -0.39 is 0 Å². The Labute approximate surface area is 182 Å². The van der Waals surface area contributed by atoms with Crippen molar-refractivity contribution in [2.45, 2.75) is 32.5 Å². The number of benzene rings is 2. The number of guanidine groups is 1. The van der Waals surface area contributed by atoms with Gasteiger partial charge in [-0.3, -0.25) is 10.1 Å². The maximum absolute atomic E-state index is 6.19. The van der Waals surface area contributed by atoms with Crippen molar-refractivity contribution in [3.8, 4) is 17.1 Å². The molecule has 0 saturated carbocycles. The number of aromatic nitrogens is 3. The molecule has 3 aromatic rings. The van der Waals surface area contributed by atoms with Crippen molar-refractivity contribution in [2.24, 2.45) is 4.99 Å². The minimum absolute atomic E-state index is 0.120. The van der Waals surface area contributed by atoms with Crippen LogP contribution in [-0.2, 0) is 17.8 Å². The Balaban J connectivity index is 1.35. The van der Waals surface area contributed by atoms with Crippen molar-refractivity contribution >= 4 is 5.96 Å². The van der Waals surface area contributed by atoms with Crippen LogP contribution in [0.1, 0.15) is 23.1 Å². The van der Waals surface area contributed by atoms with Crippen LogP contribution in [0.2, 0.25) is 0 Å². The van der Waals surface area contributed by atoms with Gasteiger partial charge in [-0.25, -0.2) is 4.98 Å². The number of aliphatic imine (C=N–C) groups is 1. The van der Waals surface area contributed by atoms with Crippen molar-refractivity contribution in [1.29, 1.82) is 0 Å². The summed E-state index contributed by atoms with van der Waals surface area (Å²) in [5.41, 5.74) is 4.38. The molecule has 4 rings (SSSR count). The lowest BCUT2D eigenvalue weighted by Crippen LogP contribution is -2.36. The van der Waals surface area contributed by atoms with Gasteiger partial charge in [0.25, 0.3) is 0 Å². The number of rotatable bonds is 7. The van der Waals surface area contributed by atoms with E-state index in [0.29, 0.717) is 19.7 Å². The van der Waals surface area contributed by atoms with Crippen molar-refractivity contribution in [1.82, 2.24) is 25.8 Å². The summed E-state index contributed by atoms with van der Waals surface area (Å²) in [5, 5.41) is 13.6. The summed E-state index contributed by atoms with van der Waals surface area (Å²) >= 11 is 0. The SMILES string of the molecule is CN=C(NCc1cccc(-c2ncn[nH]2)c1)NCc1ccc(C)cc1OC1CCOC1. The van der Waals surface area contributed by atoms with Gasteiger partial charge in [0.15, 0.2) is 11.8 Å². The molecule has 3 N–H and O–H groups in total. The minimum Gasteiger partial charge on any atom is -0.488 e. The van der Waals surface area contributed by atoms with Crippen LogP contribution in [0.3, 0.4) is 0 Å². The van der Waals surface area contributed by atoms with Crippen LogP contribution in [0.25, 0.3) is 11.4 Å². The Morgan fingerprint density at radius 2 is 2.13 bits per heavy atom. The average molecular weight is 421 g/mol. The van der Waals surface area contributed by atoms with Crippen LogP contribution in [0, 0.1) is 6.92 Å². The molecule has 8 nitrogen and oxygen atoms in total. The smallest absolute Gasteiger partial charge is 0.191 e. The normalized spacial score (nSPS) is 16.3. The first-order valence-corrected chi connectivity index (χ1v) is 10.4. The number of hydrogen-bond acceptors (Lipinski definition) is 5. The largest absolute Gasteiger partial charge is 0.488 e. The van der Waals surface area contributed by atoms with Gasteiger partial charge in [0.05, 0.1) is 13.2 Å². The minimum atomic E-state index is 0.120. The average Bonchev–Trinajstić information content (AvgIpc) is 3.50. The molecule has 1 saturated heterocycles. The molecule has 2 heterocycles. The number of hydrogen-bond donors (Lipinski definition) is 3. The molecular weight excluding hydrogens is 392 g/mol. The highest BCUT2D eigenvalue weighted by atomic mass is 16.5. The Bertz CT molecular complexity index is 1010. The second-order valence-corrected chi connectivity index (χ2v) is 7.53. The summed E-state index contributed by atoms with van der Waals surface area (Å²) in [4.78, 5) is 8.56. The highest BCUT2D eigenvalue weighted by Gasteiger charge is 2.18. The van der Waals surface area contributed by atoms with Crippen molar-refractivity contribution in [3.05, 3.63) is 65.5 Å². The van der Waals surface area contributed by atoms with Gasteiger partial charge in [-0.15, -0.1) is 0 Å². The highest BCUT2D eigenvalue weighted by molar-refractivity contribution is 5.79. The zero-order valence-corrected chi connectivity index (χ0v) is 17.9. The van der Waals surface area contributed by atoms with Crippen LogP contribution in [-0.4, -0.2) is 47.5 Å². The third kappa shape index (κ3) is 5.61. The molecule has 0 amide bonds. The summed E-state index contributed by atoms with van der Waals surface area (Å²) in [6.07, 6.45) is 2.56. The molecular formula is C23H28N6O2. The lowest BCUT2D eigenvalue weighted by Gasteiger charge is -2.18.